The first kappa shape index (κ1) is 32.4. The van der Waals surface area contributed by atoms with Crippen LogP contribution in [-0.4, -0.2) is 55.7 Å². The normalized spacial score (nSPS) is 34.0. The molecule has 0 spiro atoms. The molecule has 0 aromatic heterocycles. The molecule has 0 radical (unpaired) electrons. The van der Waals surface area contributed by atoms with E-state index in [4.69, 9.17) is 5.73 Å². The van der Waals surface area contributed by atoms with Gasteiger partial charge in [-0.2, -0.15) is 0 Å². The van der Waals surface area contributed by atoms with E-state index >= 15 is 0 Å². The van der Waals surface area contributed by atoms with Crippen LogP contribution < -0.4 is 5.73 Å². The largest absolute Gasteiger partial charge is 0.507 e. The second-order valence-electron chi connectivity index (χ2n) is 15.4. The van der Waals surface area contributed by atoms with E-state index < -0.39 is 63.9 Å². The number of carbonyl (C=O) groups is 3. The highest BCUT2D eigenvalue weighted by atomic mass is 16.4. The number of rotatable bonds is 5. The predicted molar refractivity (Wildman–Crippen MR) is 175 cm³/mol. The molecule has 0 saturated heterocycles. The van der Waals surface area contributed by atoms with Crippen LogP contribution in [0, 0.1) is 40.4 Å². The third-order valence-corrected chi connectivity index (χ3v) is 11.6. The van der Waals surface area contributed by atoms with Crippen molar-refractivity contribution in [1.29, 1.82) is 0 Å². The topological polar surface area (TPSA) is 158 Å². The monoisotopic (exact) mass is 627 g/mol. The number of amides is 1. The molecule has 244 valence electrons. The fraction of sp³-hybridized carbons (Fsp3) is 0.500. The van der Waals surface area contributed by atoms with Crippen molar-refractivity contribution in [3.63, 3.8) is 0 Å². The SMILES string of the molecule is CC(C)Cc1ccc(-c2ccc(O)c3c2C[C@]2(C)C[C@]4(C)[C@@H](C(C)C)C(O)[C@@H](C(N)=O)C(=O)[C@]4(O)C(O)[C@H]2C3=O)c2ccccc12. The number of benzene rings is 3. The van der Waals surface area contributed by atoms with Crippen LogP contribution in [0.15, 0.2) is 48.5 Å². The molecular formula is C38H45NO7. The maximum Gasteiger partial charge on any atom is 0.230 e. The molecule has 46 heavy (non-hydrogen) atoms. The number of aromatic hydroxyl groups is 1. The van der Waals surface area contributed by atoms with E-state index in [1.165, 1.54) is 11.6 Å². The number of fused-ring (bicyclic) bond motifs is 4. The smallest absolute Gasteiger partial charge is 0.230 e. The van der Waals surface area contributed by atoms with Crippen LogP contribution in [-0.2, 0) is 22.4 Å². The van der Waals surface area contributed by atoms with Crippen LogP contribution >= 0.6 is 0 Å². The van der Waals surface area contributed by atoms with Crippen molar-refractivity contribution in [3.05, 3.63) is 65.2 Å². The predicted octanol–water partition coefficient (Wildman–Crippen LogP) is 4.59. The van der Waals surface area contributed by atoms with Crippen LogP contribution in [0.25, 0.3) is 21.9 Å². The Hall–Kier alpha value is -3.59. The summed E-state index contributed by atoms with van der Waals surface area (Å²) in [6.45, 7) is 11.6. The fourth-order valence-electron chi connectivity index (χ4n) is 10.00. The van der Waals surface area contributed by atoms with Gasteiger partial charge in [0, 0.05) is 5.41 Å². The summed E-state index contributed by atoms with van der Waals surface area (Å²) in [6, 6.07) is 15.7. The zero-order valence-corrected chi connectivity index (χ0v) is 27.4. The number of hydrogen-bond donors (Lipinski definition) is 5. The van der Waals surface area contributed by atoms with E-state index in [1.807, 2.05) is 39.0 Å². The summed E-state index contributed by atoms with van der Waals surface area (Å²) >= 11 is 0. The number of phenolic OH excluding ortho intramolecular Hbond substituents is 1. The van der Waals surface area contributed by atoms with Crippen molar-refractivity contribution in [2.24, 2.45) is 46.2 Å². The number of Topliss-reactive ketones (excluding diaryl/α,β-unsaturated/α-hetero) is 2. The van der Waals surface area contributed by atoms with Gasteiger partial charge in [-0.05, 0) is 81.5 Å². The molecule has 0 aliphatic heterocycles. The summed E-state index contributed by atoms with van der Waals surface area (Å²) in [5, 5.41) is 49.1. The Kier molecular flexibility index (Phi) is 7.54. The van der Waals surface area contributed by atoms with Crippen LogP contribution in [0.3, 0.4) is 0 Å². The highest BCUT2D eigenvalue weighted by Crippen LogP contribution is 2.66. The van der Waals surface area contributed by atoms with Crippen molar-refractivity contribution >= 4 is 28.2 Å². The summed E-state index contributed by atoms with van der Waals surface area (Å²) in [4.78, 5) is 41.0. The summed E-state index contributed by atoms with van der Waals surface area (Å²) in [6.07, 6.45) is -2.10. The van der Waals surface area contributed by atoms with Crippen LogP contribution in [0.2, 0.25) is 0 Å². The van der Waals surface area contributed by atoms with Gasteiger partial charge in [0.2, 0.25) is 5.91 Å². The van der Waals surface area contributed by atoms with E-state index in [1.54, 1.807) is 6.92 Å². The van der Waals surface area contributed by atoms with Crippen LogP contribution in [0.5, 0.6) is 5.75 Å². The molecule has 3 aliphatic rings. The summed E-state index contributed by atoms with van der Waals surface area (Å²) < 4.78 is 0. The Morgan fingerprint density at radius 1 is 0.957 bits per heavy atom. The summed E-state index contributed by atoms with van der Waals surface area (Å²) in [5.41, 5.74) is 4.30. The Bertz CT molecular complexity index is 1780. The molecule has 3 aromatic carbocycles. The van der Waals surface area contributed by atoms with Crippen molar-refractivity contribution in [3.8, 4) is 16.9 Å². The lowest BCUT2D eigenvalue weighted by Crippen LogP contribution is -2.79. The number of aliphatic hydroxyl groups is 3. The van der Waals surface area contributed by atoms with E-state index in [0.29, 0.717) is 11.5 Å². The van der Waals surface area contributed by atoms with Gasteiger partial charge >= 0.3 is 0 Å². The lowest BCUT2D eigenvalue weighted by molar-refractivity contribution is -0.265. The molecule has 3 aromatic rings. The first-order valence-corrected chi connectivity index (χ1v) is 16.3. The number of phenols is 1. The number of ketones is 2. The van der Waals surface area contributed by atoms with Crippen LogP contribution in [0.1, 0.15) is 69.4 Å². The lowest BCUT2D eigenvalue weighted by atomic mass is 9.39. The quantitative estimate of drug-likeness (QED) is 0.259. The average molecular weight is 628 g/mol. The molecule has 8 nitrogen and oxygen atoms in total. The van der Waals surface area contributed by atoms with Gasteiger partial charge in [0.1, 0.15) is 17.8 Å². The van der Waals surface area contributed by atoms with E-state index in [-0.39, 0.29) is 30.1 Å². The minimum Gasteiger partial charge on any atom is -0.507 e. The van der Waals surface area contributed by atoms with Gasteiger partial charge in [0.15, 0.2) is 17.2 Å². The van der Waals surface area contributed by atoms with E-state index in [0.717, 1.165) is 28.3 Å². The lowest BCUT2D eigenvalue weighted by Gasteiger charge is -2.66. The Morgan fingerprint density at radius 3 is 2.20 bits per heavy atom. The number of carbonyl (C=O) groups excluding carboxylic acids is 3. The molecule has 1 amide bonds. The number of aliphatic hydroxyl groups excluding tert-OH is 2. The molecule has 2 saturated carbocycles. The average Bonchev–Trinajstić information content (AvgIpc) is 2.95. The first-order chi connectivity index (χ1) is 21.5. The molecule has 0 bridgehead atoms. The number of hydrogen-bond acceptors (Lipinski definition) is 7. The Labute approximate surface area is 269 Å². The van der Waals surface area contributed by atoms with Crippen molar-refractivity contribution in [2.75, 3.05) is 0 Å². The highest BCUT2D eigenvalue weighted by molar-refractivity contribution is 6.10. The first-order valence-electron chi connectivity index (χ1n) is 16.3. The second kappa shape index (κ2) is 10.7. The van der Waals surface area contributed by atoms with Gasteiger partial charge in [0.25, 0.3) is 0 Å². The molecule has 8 atom stereocenters. The highest BCUT2D eigenvalue weighted by Gasteiger charge is 2.75. The fourth-order valence-corrected chi connectivity index (χ4v) is 10.00. The van der Waals surface area contributed by atoms with Crippen LogP contribution in [0.4, 0.5) is 0 Å². The van der Waals surface area contributed by atoms with E-state index in [2.05, 4.69) is 38.1 Å². The number of nitrogens with two attached hydrogens (primary N) is 1. The zero-order valence-electron chi connectivity index (χ0n) is 27.4. The molecule has 6 rings (SSSR count). The number of primary amides is 1. The van der Waals surface area contributed by atoms with Gasteiger partial charge in [-0.3, -0.25) is 14.4 Å². The Balaban J connectivity index is 1.56. The van der Waals surface area contributed by atoms with Gasteiger partial charge in [-0.15, -0.1) is 0 Å². The zero-order chi connectivity index (χ0) is 33.7. The van der Waals surface area contributed by atoms with Gasteiger partial charge in [-0.1, -0.05) is 84.0 Å². The maximum atomic E-state index is 14.5. The molecule has 2 unspecified atom stereocenters. The van der Waals surface area contributed by atoms with Gasteiger partial charge in [0.05, 0.1) is 17.6 Å². The van der Waals surface area contributed by atoms with E-state index in [9.17, 15) is 34.8 Å². The minimum atomic E-state index is -2.53. The molecule has 6 N–H and O–H groups in total. The minimum absolute atomic E-state index is 0.0664. The molecule has 8 heteroatoms. The molecule has 3 aliphatic carbocycles. The standard InChI is InChI=1S/C38H45NO7/c1-18(2)15-20-11-12-23(22-10-8-7-9-21(20)22)24-13-14-26(40)27-25(24)16-36(5)17-37(6)29(19(3)4)32(42)28(35(39)45)33(43)38(37,46)34(44)30(36)31(27)41/h7-14,18-19,28-30,32,34,40,42,44,46H,15-17H2,1-6H3,(H2,39,45)/t28-,29+,30-,32?,34?,36-,37-,38+/m1/s1. The van der Waals surface area contributed by atoms with Crippen molar-refractivity contribution in [1.82, 2.24) is 0 Å². The third kappa shape index (κ3) is 4.26. The third-order valence-electron chi connectivity index (χ3n) is 11.6. The Morgan fingerprint density at radius 2 is 1.59 bits per heavy atom. The molecular weight excluding hydrogens is 582 g/mol. The van der Waals surface area contributed by atoms with Gasteiger partial charge in [-0.25, -0.2) is 0 Å². The summed E-state index contributed by atoms with van der Waals surface area (Å²) in [7, 11) is 0. The van der Waals surface area contributed by atoms with Crippen molar-refractivity contribution in [2.45, 2.75) is 78.6 Å². The van der Waals surface area contributed by atoms with Crippen molar-refractivity contribution < 1.29 is 34.8 Å². The molecule has 0 heterocycles. The van der Waals surface area contributed by atoms with Gasteiger partial charge < -0.3 is 26.2 Å². The molecule has 2 fully saturated rings. The summed E-state index contributed by atoms with van der Waals surface area (Å²) in [5.74, 6) is -6.59. The maximum absolute atomic E-state index is 14.5. The second-order valence-corrected chi connectivity index (χ2v) is 15.4.